The number of hydrogen-bond acceptors (Lipinski definition) is 6. The maximum absolute atomic E-state index is 12.6. The van der Waals surface area contributed by atoms with Crippen molar-refractivity contribution in [1.82, 2.24) is 10.2 Å². The van der Waals surface area contributed by atoms with Crippen LogP contribution in [0.4, 0.5) is 0 Å². The number of aromatic amines is 1. The maximum atomic E-state index is 12.6. The molecule has 118 valence electrons. The highest BCUT2D eigenvalue weighted by molar-refractivity contribution is 7.90. The minimum atomic E-state index is -3.48. The predicted octanol–water partition coefficient (Wildman–Crippen LogP) is 1.38. The third-order valence-corrected chi connectivity index (χ3v) is 4.49. The lowest BCUT2D eigenvalue weighted by Gasteiger charge is -2.13. The van der Waals surface area contributed by atoms with Crippen LogP contribution in [-0.2, 0) is 9.84 Å². The number of nitrogens with one attached hydrogen (secondary N) is 1. The Morgan fingerprint density at radius 3 is 2.41 bits per heavy atom. The highest BCUT2D eigenvalue weighted by Gasteiger charge is 2.25. The van der Waals surface area contributed by atoms with Crippen molar-refractivity contribution in [3.8, 4) is 11.6 Å². The minimum Gasteiger partial charge on any atom is -0.495 e. The molecule has 22 heavy (non-hydrogen) atoms. The Kier molecular flexibility index (Phi) is 3.97. The van der Waals surface area contributed by atoms with Crippen LogP contribution in [0.2, 0.25) is 0 Å². The molecule has 8 heteroatoms. The van der Waals surface area contributed by atoms with Gasteiger partial charge in [0.1, 0.15) is 16.2 Å². The number of rotatable bonds is 4. The first-order valence-electron chi connectivity index (χ1n) is 6.34. The van der Waals surface area contributed by atoms with Gasteiger partial charge in [0, 0.05) is 17.4 Å². The summed E-state index contributed by atoms with van der Waals surface area (Å²) >= 11 is 0. The number of sulfone groups is 1. The van der Waals surface area contributed by atoms with Gasteiger partial charge < -0.3 is 9.84 Å². The number of benzene rings is 1. The first kappa shape index (κ1) is 16.0. The second-order valence-electron chi connectivity index (χ2n) is 4.90. The lowest BCUT2D eigenvalue weighted by atomic mass is 9.98. The van der Waals surface area contributed by atoms with E-state index in [1.165, 1.54) is 19.2 Å². The Hall–Kier alpha value is -2.35. The van der Waals surface area contributed by atoms with E-state index in [-0.39, 0.29) is 27.7 Å². The van der Waals surface area contributed by atoms with Crippen LogP contribution in [0, 0.1) is 13.8 Å². The number of carbonyl (C=O) groups excluding carboxylic acids is 1. The Labute approximate surface area is 127 Å². The van der Waals surface area contributed by atoms with Crippen molar-refractivity contribution in [2.24, 2.45) is 0 Å². The van der Waals surface area contributed by atoms with E-state index in [1.807, 2.05) is 0 Å². The monoisotopic (exact) mass is 324 g/mol. The summed E-state index contributed by atoms with van der Waals surface area (Å²) in [6.07, 6.45) is 1.07. The SMILES string of the molecule is COc1c(S(C)(=O)=O)ccc(C(=O)c2c(C)n[nH]c2O)c1C. The number of aromatic hydroxyl groups is 1. The van der Waals surface area contributed by atoms with Crippen molar-refractivity contribution < 1.29 is 23.1 Å². The average molecular weight is 324 g/mol. The summed E-state index contributed by atoms with van der Waals surface area (Å²) in [5.41, 5.74) is 1.03. The van der Waals surface area contributed by atoms with E-state index in [1.54, 1.807) is 13.8 Å². The standard InChI is InChI=1S/C14H16N2O5S/c1-7-9(12(17)11-8(2)15-16-14(11)18)5-6-10(13(7)21-3)22(4,19)20/h5-6H,1-4H3,(H2,15,16,18). The summed E-state index contributed by atoms with van der Waals surface area (Å²) in [5, 5.41) is 15.8. The fourth-order valence-electron chi connectivity index (χ4n) is 2.28. The van der Waals surface area contributed by atoms with Crippen molar-refractivity contribution >= 4 is 15.6 Å². The molecule has 0 atom stereocenters. The molecular weight excluding hydrogens is 308 g/mol. The fraction of sp³-hybridized carbons (Fsp3) is 0.286. The van der Waals surface area contributed by atoms with Crippen molar-refractivity contribution in [3.63, 3.8) is 0 Å². The summed E-state index contributed by atoms with van der Waals surface area (Å²) < 4.78 is 28.7. The molecule has 1 heterocycles. The normalized spacial score (nSPS) is 11.5. The number of hydrogen-bond donors (Lipinski definition) is 2. The zero-order valence-electron chi connectivity index (χ0n) is 12.6. The molecule has 1 aromatic carbocycles. The number of methoxy groups -OCH3 is 1. The van der Waals surface area contributed by atoms with Gasteiger partial charge in [-0.3, -0.25) is 4.79 Å². The summed E-state index contributed by atoms with van der Waals surface area (Å²) in [6, 6.07) is 2.73. The third kappa shape index (κ3) is 2.57. The van der Waals surface area contributed by atoms with Crippen LogP contribution in [0.15, 0.2) is 17.0 Å². The van der Waals surface area contributed by atoms with Gasteiger partial charge in [0.25, 0.3) is 0 Å². The second kappa shape index (κ2) is 5.45. The van der Waals surface area contributed by atoms with E-state index < -0.39 is 15.6 Å². The number of ketones is 1. The topological polar surface area (TPSA) is 109 Å². The van der Waals surface area contributed by atoms with Gasteiger partial charge in [-0.25, -0.2) is 13.5 Å². The van der Waals surface area contributed by atoms with Crippen LogP contribution in [0.3, 0.4) is 0 Å². The van der Waals surface area contributed by atoms with Gasteiger partial charge >= 0.3 is 0 Å². The van der Waals surface area contributed by atoms with Crippen molar-refractivity contribution in [2.45, 2.75) is 18.7 Å². The number of H-pyrrole nitrogens is 1. The molecule has 0 saturated carbocycles. The highest BCUT2D eigenvalue weighted by atomic mass is 32.2. The Balaban J connectivity index is 2.66. The van der Waals surface area contributed by atoms with E-state index in [4.69, 9.17) is 4.74 Å². The minimum absolute atomic E-state index is 0.0113. The van der Waals surface area contributed by atoms with Gasteiger partial charge in [0.05, 0.1) is 12.8 Å². The summed E-state index contributed by atoms with van der Waals surface area (Å²) in [6.45, 7) is 3.17. The molecule has 2 N–H and O–H groups in total. The molecule has 0 unspecified atom stereocenters. The van der Waals surface area contributed by atoms with Crippen LogP contribution in [0.5, 0.6) is 11.6 Å². The Morgan fingerprint density at radius 1 is 1.32 bits per heavy atom. The summed E-state index contributed by atoms with van der Waals surface area (Å²) in [7, 11) is -2.15. The quantitative estimate of drug-likeness (QED) is 0.822. The number of nitrogens with zero attached hydrogens (tertiary/aromatic N) is 1. The number of aryl methyl sites for hydroxylation is 1. The van der Waals surface area contributed by atoms with Crippen LogP contribution >= 0.6 is 0 Å². The Morgan fingerprint density at radius 2 is 1.95 bits per heavy atom. The maximum Gasteiger partial charge on any atom is 0.218 e. The summed E-state index contributed by atoms with van der Waals surface area (Å²) in [5.74, 6) is -0.665. The molecule has 0 aliphatic heterocycles. The van der Waals surface area contributed by atoms with Crippen LogP contribution in [-0.4, -0.2) is 42.9 Å². The van der Waals surface area contributed by atoms with E-state index in [0.717, 1.165) is 6.26 Å². The van der Waals surface area contributed by atoms with E-state index in [2.05, 4.69) is 10.2 Å². The molecule has 7 nitrogen and oxygen atoms in total. The van der Waals surface area contributed by atoms with Gasteiger partial charge in [-0.15, -0.1) is 0 Å². The van der Waals surface area contributed by atoms with Crippen LogP contribution < -0.4 is 4.74 Å². The molecular formula is C14H16N2O5S. The number of carbonyl (C=O) groups is 1. The summed E-state index contributed by atoms with van der Waals surface area (Å²) in [4.78, 5) is 12.6. The predicted molar refractivity (Wildman–Crippen MR) is 79.3 cm³/mol. The van der Waals surface area contributed by atoms with Gasteiger partial charge in [0.2, 0.25) is 11.7 Å². The van der Waals surface area contributed by atoms with Crippen molar-refractivity contribution in [1.29, 1.82) is 0 Å². The molecule has 0 amide bonds. The molecule has 2 aromatic rings. The molecule has 0 fully saturated rings. The van der Waals surface area contributed by atoms with Crippen molar-refractivity contribution in [3.05, 3.63) is 34.5 Å². The Bertz CT molecular complexity index is 833. The molecule has 0 radical (unpaired) electrons. The lowest BCUT2D eigenvalue weighted by Crippen LogP contribution is -2.09. The molecule has 1 aromatic heterocycles. The molecule has 2 rings (SSSR count). The fourth-order valence-corrected chi connectivity index (χ4v) is 3.17. The molecule has 0 aliphatic rings. The largest absolute Gasteiger partial charge is 0.495 e. The second-order valence-corrected chi connectivity index (χ2v) is 6.89. The van der Waals surface area contributed by atoms with Gasteiger partial charge in [-0.2, -0.15) is 5.10 Å². The van der Waals surface area contributed by atoms with Gasteiger partial charge in [-0.05, 0) is 26.0 Å². The smallest absolute Gasteiger partial charge is 0.218 e. The van der Waals surface area contributed by atoms with Gasteiger partial charge in [-0.1, -0.05) is 0 Å². The van der Waals surface area contributed by atoms with E-state index in [9.17, 15) is 18.3 Å². The zero-order chi connectivity index (χ0) is 16.7. The molecule has 0 aliphatic carbocycles. The first-order valence-corrected chi connectivity index (χ1v) is 8.24. The van der Waals surface area contributed by atoms with E-state index in [0.29, 0.717) is 11.3 Å². The van der Waals surface area contributed by atoms with Crippen LogP contribution in [0.1, 0.15) is 27.2 Å². The van der Waals surface area contributed by atoms with Gasteiger partial charge in [0.15, 0.2) is 9.84 Å². The highest BCUT2D eigenvalue weighted by Crippen LogP contribution is 2.32. The van der Waals surface area contributed by atoms with E-state index >= 15 is 0 Å². The lowest BCUT2D eigenvalue weighted by molar-refractivity contribution is 0.103. The number of aromatic nitrogens is 2. The first-order chi connectivity index (χ1) is 10.2. The molecule has 0 saturated heterocycles. The zero-order valence-corrected chi connectivity index (χ0v) is 13.4. The molecule has 0 spiro atoms. The van der Waals surface area contributed by atoms with Crippen molar-refractivity contribution in [2.75, 3.05) is 13.4 Å². The third-order valence-electron chi connectivity index (χ3n) is 3.37. The van der Waals surface area contributed by atoms with Crippen LogP contribution in [0.25, 0.3) is 0 Å². The molecule has 0 bridgehead atoms. The average Bonchev–Trinajstić information content (AvgIpc) is 2.76. The number of ether oxygens (including phenoxy) is 1.